The highest BCUT2D eigenvalue weighted by molar-refractivity contribution is 5.91. The molecule has 2 amide bonds. The SMILES string of the molecule is CCn1cnc2c1CCN(C(=O)Nc1cc3cc[nH]c3cn1)C2. The van der Waals surface area contributed by atoms with Crippen molar-refractivity contribution in [3.8, 4) is 0 Å². The highest BCUT2D eigenvalue weighted by Gasteiger charge is 2.24. The van der Waals surface area contributed by atoms with Crippen LogP contribution in [0.3, 0.4) is 0 Å². The van der Waals surface area contributed by atoms with Crippen LogP contribution in [-0.4, -0.2) is 37.0 Å². The first kappa shape index (κ1) is 13.8. The summed E-state index contributed by atoms with van der Waals surface area (Å²) < 4.78 is 2.14. The number of imidazole rings is 1. The number of hydrogen-bond donors (Lipinski definition) is 2. The van der Waals surface area contributed by atoms with E-state index in [1.165, 1.54) is 5.69 Å². The number of nitrogens with zero attached hydrogens (tertiary/aromatic N) is 4. The topological polar surface area (TPSA) is 78.8 Å². The molecule has 1 aliphatic heterocycles. The Morgan fingerprint density at radius 3 is 3.22 bits per heavy atom. The fourth-order valence-corrected chi connectivity index (χ4v) is 3.02. The second-order valence-corrected chi connectivity index (χ2v) is 5.66. The molecule has 1 aliphatic rings. The molecule has 0 fully saturated rings. The number of pyridine rings is 1. The Balaban J connectivity index is 1.49. The fraction of sp³-hybridized carbons (Fsp3) is 0.312. The number of carbonyl (C=O) groups excluding carboxylic acids is 1. The summed E-state index contributed by atoms with van der Waals surface area (Å²) in [5.41, 5.74) is 3.18. The molecule has 7 nitrogen and oxygen atoms in total. The van der Waals surface area contributed by atoms with Gasteiger partial charge in [0, 0.05) is 36.8 Å². The number of nitrogens with one attached hydrogen (secondary N) is 2. The average molecular weight is 310 g/mol. The minimum Gasteiger partial charge on any atom is -0.360 e. The molecule has 0 spiro atoms. The maximum Gasteiger partial charge on any atom is 0.323 e. The monoisotopic (exact) mass is 310 g/mol. The highest BCUT2D eigenvalue weighted by Crippen LogP contribution is 2.19. The number of rotatable bonds is 2. The lowest BCUT2D eigenvalue weighted by molar-refractivity contribution is 0.205. The van der Waals surface area contributed by atoms with Gasteiger partial charge in [-0.25, -0.2) is 14.8 Å². The number of urea groups is 1. The molecule has 0 bridgehead atoms. The first-order chi connectivity index (χ1) is 11.2. The first-order valence-corrected chi connectivity index (χ1v) is 7.76. The summed E-state index contributed by atoms with van der Waals surface area (Å²) in [6.45, 7) is 4.25. The van der Waals surface area contributed by atoms with Gasteiger partial charge in [-0.15, -0.1) is 0 Å². The zero-order valence-electron chi connectivity index (χ0n) is 12.9. The van der Waals surface area contributed by atoms with Crippen LogP contribution >= 0.6 is 0 Å². The molecule has 0 aliphatic carbocycles. The van der Waals surface area contributed by atoms with Gasteiger partial charge in [-0.3, -0.25) is 5.32 Å². The van der Waals surface area contributed by atoms with Crippen LogP contribution in [0.15, 0.2) is 30.9 Å². The van der Waals surface area contributed by atoms with Crippen LogP contribution in [0, 0.1) is 0 Å². The average Bonchev–Trinajstić information content (AvgIpc) is 3.19. The predicted octanol–water partition coefficient (Wildman–Crippen LogP) is 2.37. The molecular formula is C16H18N6O. The summed E-state index contributed by atoms with van der Waals surface area (Å²) in [6, 6.07) is 3.69. The first-order valence-electron chi connectivity index (χ1n) is 7.76. The maximum atomic E-state index is 12.5. The lowest BCUT2D eigenvalue weighted by Gasteiger charge is -2.27. The Hall–Kier alpha value is -2.83. The molecule has 3 aromatic rings. The van der Waals surface area contributed by atoms with E-state index in [2.05, 4.69) is 31.8 Å². The Morgan fingerprint density at radius 2 is 2.35 bits per heavy atom. The van der Waals surface area contributed by atoms with E-state index in [0.29, 0.717) is 18.9 Å². The molecule has 4 rings (SSSR count). The minimum atomic E-state index is -0.135. The number of aromatic nitrogens is 4. The lowest BCUT2D eigenvalue weighted by atomic mass is 10.1. The molecule has 0 aromatic carbocycles. The van der Waals surface area contributed by atoms with E-state index in [-0.39, 0.29) is 6.03 Å². The van der Waals surface area contributed by atoms with Crippen LogP contribution in [0.1, 0.15) is 18.3 Å². The molecule has 0 radical (unpaired) electrons. The van der Waals surface area contributed by atoms with Crippen molar-refractivity contribution in [3.63, 3.8) is 0 Å². The Morgan fingerprint density at radius 1 is 1.43 bits per heavy atom. The number of amides is 2. The number of aromatic amines is 1. The molecule has 3 aromatic heterocycles. The van der Waals surface area contributed by atoms with Gasteiger partial charge in [-0.2, -0.15) is 0 Å². The third-order valence-electron chi connectivity index (χ3n) is 4.29. The summed E-state index contributed by atoms with van der Waals surface area (Å²) in [7, 11) is 0. The van der Waals surface area contributed by atoms with E-state index < -0.39 is 0 Å². The number of carbonyl (C=O) groups is 1. The highest BCUT2D eigenvalue weighted by atomic mass is 16.2. The van der Waals surface area contributed by atoms with Gasteiger partial charge in [0.05, 0.1) is 30.3 Å². The van der Waals surface area contributed by atoms with E-state index in [9.17, 15) is 4.79 Å². The molecule has 7 heteroatoms. The summed E-state index contributed by atoms with van der Waals surface area (Å²) in [5.74, 6) is 0.562. The Bertz CT molecular complexity index is 864. The normalized spacial score (nSPS) is 14.0. The number of anilines is 1. The van der Waals surface area contributed by atoms with E-state index in [1.807, 2.05) is 24.7 Å². The molecule has 0 atom stereocenters. The van der Waals surface area contributed by atoms with Gasteiger partial charge in [-0.05, 0) is 19.1 Å². The molecule has 0 saturated heterocycles. The molecule has 0 saturated carbocycles. The van der Waals surface area contributed by atoms with Gasteiger partial charge in [0.1, 0.15) is 5.82 Å². The predicted molar refractivity (Wildman–Crippen MR) is 87.1 cm³/mol. The smallest absolute Gasteiger partial charge is 0.323 e. The van der Waals surface area contributed by atoms with Crippen LogP contribution in [0.2, 0.25) is 0 Å². The minimum absolute atomic E-state index is 0.135. The Kier molecular flexibility index (Phi) is 3.25. The van der Waals surface area contributed by atoms with Crippen molar-refractivity contribution < 1.29 is 4.79 Å². The number of aryl methyl sites for hydroxylation is 1. The molecule has 0 unspecified atom stereocenters. The summed E-state index contributed by atoms with van der Waals surface area (Å²) >= 11 is 0. The largest absolute Gasteiger partial charge is 0.360 e. The van der Waals surface area contributed by atoms with Crippen molar-refractivity contribution in [2.75, 3.05) is 11.9 Å². The van der Waals surface area contributed by atoms with Crippen molar-refractivity contribution in [2.45, 2.75) is 26.4 Å². The van der Waals surface area contributed by atoms with E-state index >= 15 is 0 Å². The van der Waals surface area contributed by atoms with Gasteiger partial charge in [0.15, 0.2) is 0 Å². The van der Waals surface area contributed by atoms with Crippen LogP contribution in [-0.2, 0) is 19.5 Å². The van der Waals surface area contributed by atoms with Gasteiger partial charge >= 0.3 is 6.03 Å². The van der Waals surface area contributed by atoms with Gasteiger partial charge in [0.25, 0.3) is 0 Å². The van der Waals surface area contributed by atoms with Crippen LogP contribution in [0.25, 0.3) is 10.9 Å². The fourth-order valence-electron chi connectivity index (χ4n) is 3.02. The lowest BCUT2D eigenvalue weighted by Crippen LogP contribution is -2.39. The zero-order valence-corrected chi connectivity index (χ0v) is 12.9. The Labute approximate surface area is 133 Å². The molecule has 2 N–H and O–H groups in total. The van der Waals surface area contributed by atoms with E-state index in [4.69, 9.17) is 0 Å². The zero-order chi connectivity index (χ0) is 15.8. The summed E-state index contributed by atoms with van der Waals surface area (Å²) in [4.78, 5) is 26.0. The van der Waals surface area contributed by atoms with Crippen LogP contribution in [0.4, 0.5) is 10.6 Å². The van der Waals surface area contributed by atoms with Gasteiger partial charge in [-0.1, -0.05) is 0 Å². The third-order valence-corrected chi connectivity index (χ3v) is 4.29. The molecular weight excluding hydrogens is 292 g/mol. The second kappa shape index (κ2) is 5.42. The maximum absolute atomic E-state index is 12.5. The third kappa shape index (κ3) is 2.44. The number of hydrogen-bond acceptors (Lipinski definition) is 3. The van der Waals surface area contributed by atoms with Crippen molar-refractivity contribution in [3.05, 3.63) is 42.2 Å². The standard InChI is InChI=1S/C16H18N6O/c1-2-21-10-19-13-9-22(6-4-14(13)21)16(23)20-15-7-11-3-5-17-12(11)8-18-15/h3,5,7-8,10,17H,2,4,6,9H2,1H3,(H,18,20,23). The quantitative estimate of drug-likeness (QED) is 0.762. The molecule has 4 heterocycles. The number of fused-ring (bicyclic) bond motifs is 2. The summed E-state index contributed by atoms with van der Waals surface area (Å²) in [5, 5.41) is 3.90. The van der Waals surface area contributed by atoms with Gasteiger partial charge in [0.2, 0.25) is 0 Å². The molecule has 118 valence electrons. The number of H-pyrrole nitrogens is 1. The van der Waals surface area contributed by atoms with Gasteiger partial charge < -0.3 is 14.5 Å². The van der Waals surface area contributed by atoms with Crippen molar-refractivity contribution >= 4 is 22.8 Å². The van der Waals surface area contributed by atoms with Crippen molar-refractivity contribution in [1.29, 1.82) is 0 Å². The van der Waals surface area contributed by atoms with Crippen molar-refractivity contribution in [1.82, 2.24) is 24.4 Å². The van der Waals surface area contributed by atoms with Crippen molar-refractivity contribution in [2.24, 2.45) is 0 Å². The van der Waals surface area contributed by atoms with Crippen LogP contribution < -0.4 is 5.32 Å². The van der Waals surface area contributed by atoms with Crippen LogP contribution in [0.5, 0.6) is 0 Å². The van der Waals surface area contributed by atoms with E-state index in [0.717, 1.165) is 29.6 Å². The second-order valence-electron chi connectivity index (χ2n) is 5.66. The van der Waals surface area contributed by atoms with E-state index in [1.54, 1.807) is 11.1 Å². The summed E-state index contributed by atoms with van der Waals surface area (Å²) in [6.07, 6.45) is 6.27. The molecule has 23 heavy (non-hydrogen) atoms.